The molecule has 1 heterocycles. The van der Waals surface area contributed by atoms with Crippen LogP contribution >= 0.6 is 0 Å². The Kier molecular flexibility index (Phi) is 5.15. The van der Waals surface area contributed by atoms with Gasteiger partial charge in [-0.15, -0.1) is 0 Å². The van der Waals surface area contributed by atoms with Crippen LogP contribution in [-0.4, -0.2) is 34.8 Å². The van der Waals surface area contributed by atoms with Gasteiger partial charge in [0.25, 0.3) is 0 Å². The zero-order valence-corrected chi connectivity index (χ0v) is 10.8. The topological polar surface area (TPSA) is 70.1 Å². The highest BCUT2D eigenvalue weighted by molar-refractivity contribution is 5.46. The standard InChI is InChI=1S/C12H22N4O/c1-12(2,3)8-14-11-7-10(15-9-16-11)13-5-4-6-17/h7,9,17H,4-6,8H2,1-3H3,(H2,13,14,15,16). The lowest BCUT2D eigenvalue weighted by Gasteiger charge is -2.19. The third kappa shape index (κ3) is 6.06. The summed E-state index contributed by atoms with van der Waals surface area (Å²) in [6.07, 6.45) is 2.25. The highest BCUT2D eigenvalue weighted by Gasteiger charge is 2.09. The maximum Gasteiger partial charge on any atom is 0.131 e. The highest BCUT2D eigenvalue weighted by atomic mass is 16.3. The molecule has 17 heavy (non-hydrogen) atoms. The lowest BCUT2D eigenvalue weighted by molar-refractivity contribution is 0.292. The zero-order valence-electron chi connectivity index (χ0n) is 10.8. The van der Waals surface area contributed by atoms with E-state index in [4.69, 9.17) is 5.11 Å². The van der Waals surface area contributed by atoms with Crippen molar-refractivity contribution < 1.29 is 5.11 Å². The van der Waals surface area contributed by atoms with E-state index < -0.39 is 0 Å². The van der Waals surface area contributed by atoms with Crippen molar-refractivity contribution in [3.63, 3.8) is 0 Å². The number of aliphatic hydroxyl groups excluding tert-OH is 1. The fraction of sp³-hybridized carbons (Fsp3) is 0.667. The van der Waals surface area contributed by atoms with Crippen LogP contribution in [0.5, 0.6) is 0 Å². The summed E-state index contributed by atoms with van der Waals surface area (Å²) in [6.45, 7) is 8.27. The lowest BCUT2D eigenvalue weighted by atomic mass is 9.97. The summed E-state index contributed by atoms with van der Waals surface area (Å²) >= 11 is 0. The van der Waals surface area contributed by atoms with Crippen LogP contribution in [0.25, 0.3) is 0 Å². The van der Waals surface area contributed by atoms with E-state index in [1.54, 1.807) is 0 Å². The van der Waals surface area contributed by atoms with E-state index in [0.717, 1.165) is 24.6 Å². The van der Waals surface area contributed by atoms with Gasteiger partial charge in [0.1, 0.15) is 18.0 Å². The molecule has 0 aliphatic carbocycles. The second kappa shape index (κ2) is 6.39. The number of anilines is 2. The molecule has 96 valence electrons. The van der Waals surface area contributed by atoms with E-state index >= 15 is 0 Å². The number of nitrogens with zero attached hydrogens (tertiary/aromatic N) is 2. The molecule has 0 atom stereocenters. The Labute approximate surface area is 103 Å². The molecule has 0 bridgehead atoms. The second-order valence-electron chi connectivity index (χ2n) is 5.21. The molecular weight excluding hydrogens is 216 g/mol. The van der Waals surface area contributed by atoms with Crippen molar-refractivity contribution in [3.05, 3.63) is 12.4 Å². The number of hydrogen-bond donors (Lipinski definition) is 3. The van der Waals surface area contributed by atoms with Gasteiger partial charge >= 0.3 is 0 Å². The summed E-state index contributed by atoms with van der Waals surface area (Å²) in [5.41, 5.74) is 0.218. The van der Waals surface area contributed by atoms with Gasteiger partial charge in [-0.25, -0.2) is 9.97 Å². The molecule has 3 N–H and O–H groups in total. The second-order valence-corrected chi connectivity index (χ2v) is 5.21. The Hall–Kier alpha value is -1.36. The van der Waals surface area contributed by atoms with Crippen molar-refractivity contribution in [2.45, 2.75) is 27.2 Å². The minimum atomic E-state index is 0.188. The number of aromatic nitrogens is 2. The third-order valence-electron chi connectivity index (χ3n) is 2.11. The Morgan fingerprint density at radius 1 is 1.18 bits per heavy atom. The van der Waals surface area contributed by atoms with Crippen molar-refractivity contribution in [1.82, 2.24) is 9.97 Å². The molecule has 0 unspecified atom stereocenters. The summed E-state index contributed by atoms with van der Waals surface area (Å²) in [5, 5.41) is 15.1. The molecule has 5 heteroatoms. The Bertz CT molecular complexity index is 336. The maximum atomic E-state index is 8.69. The molecule has 0 saturated carbocycles. The van der Waals surface area contributed by atoms with Gasteiger partial charge in [-0.05, 0) is 11.8 Å². The molecule has 0 aliphatic heterocycles. The summed E-state index contributed by atoms with van der Waals surface area (Å²) in [6, 6.07) is 1.88. The van der Waals surface area contributed by atoms with Crippen LogP contribution in [0.2, 0.25) is 0 Å². The SMILES string of the molecule is CC(C)(C)CNc1cc(NCCCO)ncn1. The van der Waals surface area contributed by atoms with Gasteiger partial charge in [0.2, 0.25) is 0 Å². The van der Waals surface area contributed by atoms with Crippen molar-refractivity contribution in [3.8, 4) is 0 Å². The van der Waals surface area contributed by atoms with Crippen LogP contribution in [0.15, 0.2) is 12.4 Å². The average molecular weight is 238 g/mol. The fourth-order valence-corrected chi connectivity index (χ4v) is 1.20. The molecule has 1 rings (SSSR count). The molecular formula is C12H22N4O. The van der Waals surface area contributed by atoms with Gasteiger partial charge in [0.05, 0.1) is 0 Å². The number of aliphatic hydroxyl groups is 1. The molecule has 1 aromatic rings. The van der Waals surface area contributed by atoms with Crippen LogP contribution in [0.4, 0.5) is 11.6 Å². The van der Waals surface area contributed by atoms with E-state index in [2.05, 4.69) is 41.4 Å². The number of hydrogen-bond acceptors (Lipinski definition) is 5. The zero-order chi connectivity index (χ0) is 12.7. The molecule has 0 radical (unpaired) electrons. The van der Waals surface area contributed by atoms with Crippen LogP contribution in [0.3, 0.4) is 0 Å². The average Bonchev–Trinajstić information content (AvgIpc) is 2.27. The lowest BCUT2D eigenvalue weighted by Crippen LogP contribution is -2.19. The van der Waals surface area contributed by atoms with E-state index in [1.165, 1.54) is 6.33 Å². The third-order valence-corrected chi connectivity index (χ3v) is 2.11. The summed E-state index contributed by atoms with van der Waals surface area (Å²) in [5.74, 6) is 1.60. The first-order valence-corrected chi connectivity index (χ1v) is 5.92. The predicted octanol–water partition coefficient (Wildman–Crippen LogP) is 1.73. The molecule has 0 aliphatic rings. The number of nitrogens with one attached hydrogen (secondary N) is 2. The van der Waals surface area contributed by atoms with Gasteiger partial charge < -0.3 is 15.7 Å². The summed E-state index contributed by atoms with van der Waals surface area (Å²) in [4.78, 5) is 8.27. The fourth-order valence-electron chi connectivity index (χ4n) is 1.20. The molecule has 5 nitrogen and oxygen atoms in total. The van der Waals surface area contributed by atoms with E-state index in [0.29, 0.717) is 6.54 Å². The maximum absolute atomic E-state index is 8.69. The largest absolute Gasteiger partial charge is 0.396 e. The highest BCUT2D eigenvalue weighted by Crippen LogP contribution is 2.15. The first-order valence-electron chi connectivity index (χ1n) is 5.92. The smallest absolute Gasteiger partial charge is 0.131 e. The Morgan fingerprint density at radius 3 is 2.41 bits per heavy atom. The number of rotatable bonds is 6. The molecule has 0 aromatic carbocycles. The van der Waals surface area contributed by atoms with Crippen molar-refractivity contribution in [2.24, 2.45) is 5.41 Å². The minimum Gasteiger partial charge on any atom is -0.396 e. The Morgan fingerprint density at radius 2 is 1.82 bits per heavy atom. The summed E-state index contributed by atoms with van der Waals surface area (Å²) < 4.78 is 0. The van der Waals surface area contributed by atoms with Gasteiger partial charge in [-0.3, -0.25) is 0 Å². The van der Waals surface area contributed by atoms with E-state index in [-0.39, 0.29) is 12.0 Å². The van der Waals surface area contributed by atoms with E-state index in [9.17, 15) is 0 Å². The van der Waals surface area contributed by atoms with Crippen LogP contribution < -0.4 is 10.6 Å². The van der Waals surface area contributed by atoms with Gasteiger partial charge in [0, 0.05) is 25.8 Å². The van der Waals surface area contributed by atoms with Crippen molar-refractivity contribution in [2.75, 3.05) is 30.3 Å². The van der Waals surface area contributed by atoms with Crippen LogP contribution in [-0.2, 0) is 0 Å². The predicted molar refractivity (Wildman–Crippen MR) is 70.2 cm³/mol. The van der Waals surface area contributed by atoms with Gasteiger partial charge in [-0.1, -0.05) is 20.8 Å². The van der Waals surface area contributed by atoms with E-state index in [1.807, 2.05) is 6.07 Å². The molecule has 0 spiro atoms. The molecule has 0 fully saturated rings. The van der Waals surface area contributed by atoms with Gasteiger partial charge in [0.15, 0.2) is 0 Å². The normalized spacial score (nSPS) is 11.3. The minimum absolute atomic E-state index is 0.188. The van der Waals surface area contributed by atoms with Crippen molar-refractivity contribution >= 4 is 11.6 Å². The van der Waals surface area contributed by atoms with Crippen LogP contribution in [0.1, 0.15) is 27.2 Å². The van der Waals surface area contributed by atoms with Crippen LogP contribution in [0, 0.1) is 5.41 Å². The monoisotopic (exact) mass is 238 g/mol. The first-order chi connectivity index (χ1) is 8.01. The molecule has 1 aromatic heterocycles. The quantitative estimate of drug-likeness (QED) is 0.658. The summed E-state index contributed by atoms with van der Waals surface area (Å²) in [7, 11) is 0. The Balaban J connectivity index is 2.48. The molecule has 0 saturated heterocycles. The molecule has 0 amide bonds. The van der Waals surface area contributed by atoms with Crippen molar-refractivity contribution in [1.29, 1.82) is 0 Å². The van der Waals surface area contributed by atoms with Gasteiger partial charge in [-0.2, -0.15) is 0 Å². The first kappa shape index (κ1) is 13.7.